The van der Waals surface area contributed by atoms with Crippen molar-refractivity contribution in [2.75, 3.05) is 7.11 Å². The van der Waals surface area contributed by atoms with Crippen molar-refractivity contribution in [3.63, 3.8) is 0 Å². The molecule has 0 aliphatic heterocycles. The second-order valence-corrected chi connectivity index (χ2v) is 8.10. The van der Waals surface area contributed by atoms with Crippen molar-refractivity contribution in [3.8, 4) is 5.75 Å². The Morgan fingerprint density at radius 2 is 1.85 bits per heavy atom. The molecule has 20 heavy (non-hydrogen) atoms. The van der Waals surface area contributed by atoms with Crippen LogP contribution in [0.3, 0.4) is 0 Å². The van der Waals surface area contributed by atoms with E-state index in [0.29, 0.717) is 5.92 Å². The van der Waals surface area contributed by atoms with Crippen molar-refractivity contribution >= 4 is 27.5 Å². The van der Waals surface area contributed by atoms with Crippen molar-refractivity contribution in [1.82, 2.24) is 0 Å². The van der Waals surface area contributed by atoms with E-state index in [1.807, 2.05) is 0 Å². The van der Waals surface area contributed by atoms with Gasteiger partial charge in [0.1, 0.15) is 5.75 Å². The summed E-state index contributed by atoms with van der Waals surface area (Å²) in [6, 6.07) is 2.09. The number of aryl methyl sites for hydroxylation is 1. The fourth-order valence-corrected chi connectivity index (χ4v) is 3.39. The number of ether oxygens (including phenoxy) is 1. The molecule has 0 heterocycles. The second kappa shape index (κ2) is 6.70. The number of benzene rings is 1. The minimum Gasteiger partial charge on any atom is -0.496 e. The van der Waals surface area contributed by atoms with Gasteiger partial charge in [0.2, 0.25) is 0 Å². The minimum absolute atomic E-state index is 0.0321. The Hall–Kier alpha value is -0.210. The van der Waals surface area contributed by atoms with Crippen LogP contribution in [0.5, 0.6) is 5.75 Å². The first-order valence-corrected chi connectivity index (χ1v) is 8.30. The standard InChI is InChI=1S/C17H26BrClO/c1-10-8-13(18)12(3)15(16(10)20-7)14(19)9-11(2)17(4,5)6/h8,11,14H,9H2,1-7H3. The molecule has 0 bridgehead atoms. The van der Waals surface area contributed by atoms with Crippen LogP contribution in [-0.4, -0.2) is 7.11 Å². The summed E-state index contributed by atoms with van der Waals surface area (Å²) in [5.41, 5.74) is 3.68. The highest BCUT2D eigenvalue weighted by Gasteiger charge is 2.27. The molecule has 1 aromatic carbocycles. The van der Waals surface area contributed by atoms with E-state index in [1.54, 1.807) is 7.11 Å². The third kappa shape index (κ3) is 3.92. The summed E-state index contributed by atoms with van der Waals surface area (Å²) in [5.74, 6) is 1.46. The molecule has 2 atom stereocenters. The van der Waals surface area contributed by atoms with E-state index in [9.17, 15) is 0 Å². The summed E-state index contributed by atoms with van der Waals surface area (Å²) in [4.78, 5) is 0. The monoisotopic (exact) mass is 360 g/mol. The van der Waals surface area contributed by atoms with E-state index in [1.165, 1.54) is 5.56 Å². The molecule has 0 aliphatic rings. The molecule has 0 amide bonds. The highest BCUT2D eigenvalue weighted by molar-refractivity contribution is 9.10. The lowest BCUT2D eigenvalue weighted by Gasteiger charge is -2.30. The molecule has 0 radical (unpaired) electrons. The lowest BCUT2D eigenvalue weighted by atomic mass is 9.78. The van der Waals surface area contributed by atoms with Crippen LogP contribution in [-0.2, 0) is 0 Å². The van der Waals surface area contributed by atoms with Crippen LogP contribution < -0.4 is 4.74 Å². The van der Waals surface area contributed by atoms with Crippen LogP contribution in [0.15, 0.2) is 10.5 Å². The zero-order valence-corrected chi connectivity index (χ0v) is 15.9. The molecule has 0 N–H and O–H groups in total. The summed E-state index contributed by atoms with van der Waals surface area (Å²) in [6.45, 7) is 13.2. The van der Waals surface area contributed by atoms with Crippen LogP contribution in [0.2, 0.25) is 0 Å². The van der Waals surface area contributed by atoms with E-state index >= 15 is 0 Å². The largest absolute Gasteiger partial charge is 0.496 e. The Balaban J connectivity index is 3.18. The summed E-state index contributed by atoms with van der Waals surface area (Å²) >= 11 is 10.4. The molecule has 1 nitrogen and oxygen atoms in total. The van der Waals surface area contributed by atoms with Crippen molar-refractivity contribution in [2.24, 2.45) is 11.3 Å². The summed E-state index contributed by atoms with van der Waals surface area (Å²) in [6.07, 6.45) is 0.943. The van der Waals surface area contributed by atoms with Crippen LogP contribution in [0, 0.1) is 25.2 Å². The third-order valence-electron chi connectivity index (χ3n) is 4.26. The Kier molecular flexibility index (Phi) is 5.98. The quantitative estimate of drug-likeness (QED) is 0.562. The predicted molar refractivity (Wildman–Crippen MR) is 92.0 cm³/mol. The van der Waals surface area contributed by atoms with Crippen molar-refractivity contribution in [3.05, 3.63) is 27.2 Å². The molecular weight excluding hydrogens is 336 g/mol. The van der Waals surface area contributed by atoms with Gasteiger partial charge < -0.3 is 4.74 Å². The summed E-state index contributed by atoms with van der Waals surface area (Å²) < 4.78 is 6.69. The normalized spacial score (nSPS) is 15.1. The van der Waals surface area contributed by atoms with Gasteiger partial charge in [-0.3, -0.25) is 0 Å². The molecular formula is C17H26BrClO. The Bertz CT molecular complexity index is 477. The lowest BCUT2D eigenvalue weighted by molar-refractivity contribution is 0.244. The lowest BCUT2D eigenvalue weighted by Crippen LogP contribution is -2.19. The number of halogens is 2. The first-order chi connectivity index (χ1) is 9.09. The SMILES string of the molecule is COc1c(C)cc(Br)c(C)c1C(Cl)CC(C)C(C)(C)C. The molecule has 2 unspecified atom stereocenters. The number of hydrogen-bond acceptors (Lipinski definition) is 1. The average Bonchev–Trinajstić information content (AvgIpc) is 2.31. The third-order valence-corrected chi connectivity index (χ3v) is 5.48. The number of rotatable bonds is 4. The molecule has 114 valence electrons. The minimum atomic E-state index is -0.0321. The molecule has 0 saturated heterocycles. The van der Waals surface area contributed by atoms with Crippen molar-refractivity contribution in [1.29, 1.82) is 0 Å². The average molecular weight is 362 g/mol. The number of hydrogen-bond donors (Lipinski definition) is 0. The molecule has 1 aromatic rings. The van der Waals surface area contributed by atoms with Gasteiger partial charge >= 0.3 is 0 Å². The van der Waals surface area contributed by atoms with E-state index < -0.39 is 0 Å². The van der Waals surface area contributed by atoms with Gasteiger partial charge in [-0.15, -0.1) is 11.6 Å². The molecule has 0 spiro atoms. The van der Waals surface area contributed by atoms with Gasteiger partial charge in [-0.25, -0.2) is 0 Å². The topological polar surface area (TPSA) is 9.23 Å². The number of alkyl halides is 1. The second-order valence-electron chi connectivity index (χ2n) is 6.72. The van der Waals surface area contributed by atoms with Gasteiger partial charge in [-0.05, 0) is 48.8 Å². The fraction of sp³-hybridized carbons (Fsp3) is 0.647. The van der Waals surface area contributed by atoms with Gasteiger partial charge in [0.15, 0.2) is 0 Å². The van der Waals surface area contributed by atoms with E-state index in [-0.39, 0.29) is 10.8 Å². The van der Waals surface area contributed by atoms with Gasteiger partial charge in [-0.2, -0.15) is 0 Å². The highest BCUT2D eigenvalue weighted by Crippen LogP contribution is 2.43. The molecule has 0 saturated carbocycles. The van der Waals surface area contributed by atoms with Crippen LogP contribution in [0.1, 0.15) is 56.2 Å². The molecule has 0 fully saturated rings. The van der Waals surface area contributed by atoms with Gasteiger partial charge in [0, 0.05) is 10.0 Å². The van der Waals surface area contributed by atoms with Gasteiger partial charge in [-0.1, -0.05) is 43.6 Å². The Morgan fingerprint density at radius 1 is 1.30 bits per heavy atom. The van der Waals surface area contributed by atoms with Crippen LogP contribution >= 0.6 is 27.5 Å². The van der Waals surface area contributed by atoms with E-state index in [2.05, 4.69) is 63.5 Å². The van der Waals surface area contributed by atoms with E-state index in [0.717, 1.165) is 27.8 Å². The van der Waals surface area contributed by atoms with Crippen LogP contribution in [0.4, 0.5) is 0 Å². The zero-order chi connectivity index (χ0) is 15.7. The first-order valence-electron chi connectivity index (χ1n) is 7.07. The smallest absolute Gasteiger partial charge is 0.126 e. The maximum absolute atomic E-state index is 6.74. The molecule has 3 heteroatoms. The van der Waals surface area contributed by atoms with Gasteiger partial charge in [0.05, 0.1) is 12.5 Å². The molecule has 0 aromatic heterocycles. The van der Waals surface area contributed by atoms with Crippen LogP contribution in [0.25, 0.3) is 0 Å². The number of methoxy groups -OCH3 is 1. The van der Waals surface area contributed by atoms with Crippen molar-refractivity contribution in [2.45, 2.75) is 53.3 Å². The molecule has 0 aliphatic carbocycles. The maximum Gasteiger partial charge on any atom is 0.126 e. The highest BCUT2D eigenvalue weighted by atomic mass is 79.9. The summed E-state index contributed by atoms with van der Waals surface area (Å²) in [7, 11) is 1.72. The Labute approximate surface area is 137 Å². The maximum atomic E-state index is 6.74. The summed E-state index contributed by atoms with van der Waals surface area (Å²) in [5, 5.41) is -0.0321. The predicted octanol–water partition coefficient (Wildman–Crippen LogP) is 6.43. The fourth-order valence-electron chi connectivity index (χ4n) is 2.31. The van der Waals surface area contributed by atoms with Gasteiger partial charge in [0.25, 0.3) is 0 Å². The van der Waals surface area contributed by atoms with E-state index in [4.69, 9.17) is 16.3 Å². The molecule has 1 rings (SSSR count). The van der Waals surface area contributed by atoms with Crippen molar-refractivity contribution < 1.29 is 4.74 Å². The first kappa shape index (κ1) is 17.8. The zero-order valence-electron chi connectivity index (χ0n) is 13.6. The Morgan fingerprint density at radius 3 is 2.30 bits per heavy atom.